The Hall–Kier alpha value is -1.76. The number of hydrogen-bond donors (Lipinski definition) is 2. The number of amides is 1. The summed E-state index contributed by atoms with van der Waals surface area (Å²) in [5, 5.41) is 6.67. The van der Waals surface area contributed by atoms with Gasteiger partial charge in [0.05, 0.1) is 6.54 Å². The molecule has 144 valence electrons. The molecule has 0 bridgehead atoms. The molecule has 0 aromatic heterocycles. The monoisotopic (exact) mass is 380 g/mol. The second-order valence-electron chi connectivity index (χ2n) is 6.23. The van der Waals surface area contributed by atoms with E-state index in [4.69, 9.17) is 0 Å². The minimum atomic E-state index is -0.147. The van der Waals surface area contributed by atoms with Crippen molar-refractivity contribution in [3.05, 3.63) is 35.6 Å². The smallest absolute Gasteiger partial charge is 0.222 e. The van der Waals surface area contributed by atoms with E-state index in [1.807, 2.05) is 30.9 Å². The van der Waals surface area contributed by atoms with E-state index < -0.39 is 0 Å². The second-order valence-corrected chi connectivity index (χ2v) is 7.33. The van der Waals surface area contributed by atoms with E-state index in [0.717, 1.165) is 43.3 Å². The molecule has 1 heterocycles. The fraction of sp³-hybridized carbons (Fsp3) is 0.579. The zero-order chi connectivity index (χ0) is 18.8. The van der Waals surface area contributed by atoms with Gasteiger partial charge < -0.3 is 15.5 Å². The number of nitrogens with one attached hydrogen (secondary N) is 2. The van der Waals surface area contributed by atoms with Crippen molar-refractivity contribution in [1.82, 2.24) is 15.5 Å². The zero-order valence-electron chi connectivity index (χ0n) is 15.6. The lowest BCUT2D eigenvalue weighted by atomic mass is 10.2. The van der Waals surface area contributed by atoms with Crippen LogP contribution in [0.4, 0.5) is 4.39 Å². The summed E-state index contributed by atoms with van der Waals surface area (Å²) in [6, 6.07) is 7.13. The number of halogens is 1. The summed E-state index contributed by atoms with van der Waals surface area (Å²) >= 11 is 1.68. The molecule has 1 amide bonds. The molecule has 1 saturated heterocycles. The Morgan fingerprint density at radius 3 is 2.92 bits per heavy atom. The Labute approximate surface area is 159 Å². The topological polar surface area (TPSA) is 56.7 Å². The summed E-state index contributed by atoms with van der Waals surface area (Å²) < 4.78 is 13.6. The zero-order valence-corrected chi connectivity index (χ0v) is 16.4. The standard InChI is InChI=1S/C19H29FN4OS/c1-3-18(25)24-11-9-16(13-24)23-19(21-4-2)22-10-12-26-14-15-7-5-6-8-17(15)20/h5-8,16H,3-4,9-14H2,1-2H3,(H2,21,22,23). The normalized spacial score (nSPS) is 17.4. The SMILES string of the molecule is CCNC(=NCCSCc1ccccc1F)NC1CCN(C(=O)CC)C1. The van der Waals surface area contributed by atoms with Gasteiger partial charge >= 0.3 is 0 Å². The highest BCUT2D eigenvalue weighted by molar-refractivity contribution is 7.98. The molecule has 0 saturated carbocycles. The first-order valence-corrected chi connectivity index (χ1v) is 10.4. The van der Waals surface area contributed by atoms with Crippen LogP contribution < -0.4 is 10.6 Å². The van der Waals surface area contributed by atoms with Crippen LogP contribution in [-0.2, 0) is 10.5 Å². The first-order valence-electron chi connectivity index (χ1n) is 9.27. The molecule has 1 unspecified atom stereocenters. The third-order valence-corrected chi connectivity index (χ3v) is 5.24. The highest BCUT2D eigenvalue weighted by atomic mass is 32.2. The summed E-state index contributed by atoms with van der Waals surface area (Å²) in [4.78, 5) is 18.3. The van der Waals surface area contributed by atoms with Crippen LogP contribution in [-0.4, -0.2) is 54.7 Å². The first kappa shape index (κ1) is 20.6. The largest absolute Gasteiger partial charge is 0.357 e. The molecule has 1 aromatic carbocycles. The van der Waals surface area contributed by atoms with Crippen molar-refractivity contribution in [3.63, 3.8) is 0 Å². The van der Waals surface area contributed by atoms with Gasteiger partial charge in [-0.05, 0) is 25.0 Å². The lowest BCUT2D eigenvalue weighted by molar-refractivity contribution is -0.129. The van der Waals surface area contributed by atoms with E-state index in [9.17, 15) is 9.18 Å². The predicted octanol–water partition coefficient (Wildman–Crippen LogP) is 2.62. The average Bonchev–Trinajstić information content (AvgIpc) is 3.11. The van der Waals surface area contributed by atoms with Gasteiger partial charge in [-0.3, -0.25) is 9.79 Å². The number of rotatable bonds is 8. The number of thioether (sulfide) groups is 1. The van der Waals surface area contributed by atoms with Gasteiger partial charge in [-0.1, -0.05) is 25.1 Å². The Bertz CT molecular complexity index is 611. The molecule has 0 aliphatic carbocycles. The number of aliphatic imine (C=N–C) groups is 1. The minimum absolute atomic E-state index is 0.147. The van der Waals surface area contributed by atoms with Crippen LogP contribution >= 0.6 is 11.8 Å². The number of guanidine groups is 1. The van der Waals surface area contributed by atoms with Crippen molar-refractivity contribution in [1.29, 1.82) is 0 Å². The van der Waals surface area contributed by atoms with E-state index in [0.29, 0.717) is 18.7 Å². The maximum atomic E-state index is 13.6. The molecule has 1 aromatic rings. The summed E-state index contributed by atoms with van der Waals surface area (Å²) in [6.07, 6.45) is 1.50. The highest BCUT2D eigenvalue weighted by Gasteiger charge is 2.25. The number of hydrogen-bond acceptors (Lipinski definition) is 3. The average molecular weight is 381 g/mol. The Balaban J connectivity index is 1.74. The molecular weight excluding hydrogens is 351 g/mol. The third kappa shape index (κ3) is 6.52. The quantitative estimate of drug-likeness (QED) is 0.414. The Morgan fingerprint density at radius 1 is 1.38 bits per heavy atom. The number of likely N-dealkylation sites (tertiary alicyclic amines) is 1. The lowest BCUT2D eigenvalue weighted by Crippen LogP contribution is -2.45. The molecule has 26 heavy (non-hydrogen) atoms. The van der Waals surface area contributed by atoms with Gasteiger partial charge in [0.15, 0.2) is 5.96 Å². The fourth-order valence-electron chi connectivity index (χ4n) is 2.86. The molecule has 1 aliphatic heterocycles. The molecular formula is C19H29FN4OS. The molecule has 2 N–H and O–H groups in total. The van der Waals surface area contributed by atoms with Crippen LogP contribution in [0.3, 0.4) is 0 Å². The van der Waals surface area contributed by atoms with Crippen LogP contribution in [0.25, 0.3) is 0 Å². The van der Waals surface area contributed by atoms with Crippen LogP contribution in [0.2, 0.25) is 0 Å². The summed E-state index contributed by atoms with van der Waals surface area (Å²) in [5.74, 6) is 2.33. The highest BCUT2D eigenvalue weighted by Crippen LogP contribution is 2.15. The van der Waals surface area contributed by atoms with Crippen LogP contribution in [0.15, 0.2) is 29.3 Å². The Morgan fingerprint density at radius 2 is 2.19 bits per heavy atom. The first-order chi connectivity index (χ1) is 12.6. The van der Waals surface area contributed by atoms with E-state index in [2.05, 4.69) is 15.6 Å². The minimum Gasteiger partial charge on any atom is -0.357 e. The van der Waals surface area contributed by atoms with Gasteiger partial charge in [-0.15, -0.1) is 0 Å². The van der Waals surface area contributed by atoms with Crippen molar-refractivity contribution in [2.75, 3.05) is 31.9 Å². The summed E-state index contributed by atoms with van der Waals surface area (Å²) in [6.45, 7) is 6.93. The molecule has 1 atom stereocenters. The van der Waals surface area contributed by atoms with Gasteiger partial charge in [0.25, 0.3) is 0 Å². The van der Waals surface area contributed by atoms with Crippen LogP contribution in [0.5, 0.6) is 0 Å². The van der Waals surface area contributed by atoms with Gasteiger partial charge in [0, 0.05) is 43.6 Å². The lowest BCUT2D eigenvalue weighted by Gasteiger charge is -2.18. The molecule has 7 heteroatoms. The van der Waals surface area contributed by atoms with Gasteiger partial charge in [0.1, 0.15) is 5.82 Å². The van der Waals surface area contributed by atoms with Crippen molar-refractivity contribution in [2.24, 2.45) is 4.99 Å². The third-order valence-electron chi connectivity index (χ3n) is 4.25. The predicted molar refractivity (Wildman–Crippen MR) is 107 cm³/mol. The molecule has 1 aliphatic rings. The van der Waals surface area contributed by atoms with Gasteiger partial charge in [-0.2, -0.15) is 11.8 Å². The number of carbonyl (C=O) groups excluding carboxylic acids is 1. The molecule has 0 spiro atoms. The van der Waals surface area contributed by atoms with Crippen molar-refractivity contribution >= 4 is 23.6 Å². The molecule has 0 radical (unpaired) electrons. The van der Waals surface area contributed by atoms with E-state index >= 15 is 0 Å². The van der Waals surface area contributed by atoms with Crippen molar-refractivity contribution in [3.8, 4) is 0 Å². The number of benzene rings is 1. The van der Waals surface area contributed by atoms with Gasteiger partial charge in [-0.25, -0.2) is 4.39 Å². The molecule has 2 rings (SSSR count). The Kier molecular flexibility index (Phi) is 8.74. The molecule has 1 fully saturated rings. The van der Waals surface area contributed by atoms with Crippen LogP contribution in [0, 0.1) is 5.82 Å². The summed E-state index contributed by atoms with van der Waals surface area (Å²) in [7, 11) is 0. The van der Waals surface area contributed by atoms with Crippen molar-refractivity contribution < 1.29 is 9.18 Å². The van der Waals surface area contributed by atoms with E-state index in [-0.39, 0.29) is 17.8 Å². The maximum Gasteiger partial charge on any atom is 0.222 e. The van der Waals surface area contributed by atoms with Gasteiger partial charge in [0.2, 0.25) is 5.91 Å². The maximum absolute atomic E-state index is 13.6. The molecule has 5 nitrogen and oxygen atoms in total. The van der Waals surface area contributed by atoms with Crippen molar-refractivity contribution in [2.45, 2.75) is 38.5 Å². The van der Waals surface area contributed by atoms with E-state index in [1.165, 1.54) is 6.07 Å². The van der Waals surface area contributed by atoms with Crippen LogP contribution in [0.1, 0.15) is 32.3 Å². The number of carbonyl (C=O) groups is 1. The fourth-order valence-corrected chi connectivity index (χ4v) is 3.68. The van der Waals surface area contributed by atoms with E-state index in [1.54, 1.807) is 17.8 Å². The number of nitrogens with zero attached hydrogens (tertiary/aromatic N) is 2. The second kappa shape index (κ2) is 11.1. The summed E-state index contributed by atoms with van der Waals surface area (Å²) in [5.41, 5.74) is 0.734.